The molecule has 1 aliphatic carbocycles. The highest BCUT2D eigenvalue weighted by molar-refractivity contribution is 7.18. The van der Waals surface area contributed by atoms with Crippen LogP contribution in [0, 0.1) is 5.92 Å². The van der Waals surface area contributed by atoms with Gasteiger partial charge in [-0.15, -0.1) is 11.3 Å². The fraction of sp³-hybridized carbons (Fsp3) is 0.417. The van der Waals surface area contributed by atoms with E-state index in [4.69, 9.17) is 0 Å². The summed E-state index contributed by atoms with van der Waals surface area (Å²) in [4.78, 5) is 4.60. The highest BCUT2D eigenvalue weighted by Gasteiger charge is 2.27. The number of thiazole rings is 1. The van der Waals surface area contributed by atoms with Gasteiger partial charge in [0.05, 0.1) is 21.3 Å². The van der Waals surface area contributed by atoms with Crippen molar-refractivity contribution in [2.75, 3.05) is 0 Å². The molecule has 0 atom stereocenters. The molecule has 2 nitrogen and oxygen atoms in total. The standard InChI is InChI=1S/C12H13NOS/c14-9-5-8(6-9)7-12-13-10-3-1-2-4-11(10)15-12/h1-4,8-9,14H,5-7H2. The van der Waals surface area contributed by atoms with E-state index in [0.29, 0.717) is 5.92 Å². The van der Waals surface area contributed by atoms with Crippen LogP contribution in [-0.2, 0) is 6.42 Å². The lowest BCUT2D eigenvalue weighted by Gasteiger charge is -2.30. The van der Waals surface area contributed by atoms with Gasteiger partial charge in [-0.2, -0.15) is 0 Å². The highest BCUT2D eigenvalue weighted by atomic mass is 32.1. The lowest BCUT2D eigenvalue weighted by Crippen LogP contribution is -2.29. The van der Waals surface area contributed by atoms with Gasteiger partial charge in [0.2, 0.25) is 0 Å². The number of aromatic nitrogens is 1. The molecule has 2 aromatic rings. The van der Waals surface area contributed by atoms with E-state index in [9.17, 15) is 5.11 Å². The van der Waals surface area contributed by atoms with Crippen LogP contribution in [0.5, 0.6) is 0 Å². The number of hydrogen-bond donors (Lipinski definition) is 1. The van der Waals surface area contributed by atoms with Gasteiger partial charge in [0, 0.05) is 6.42 Å². The molecule has 0 saturated heterocycles. The van der Waals surface area contributed by atoms with Crippen LogP contribution in [0.1, 0.15) is 17.8 Å². The van der Waals surface area contributed by atoms with Crippen LogP contribution in [0.3, 0.4) is 0 Å². The van der Waals surface area contributed by atoms with Gasteiger partial charge in [-0.25, -0.2) is 4.98 Å². The van der Waals surface area contributed by atoms with E-state index in [2.05, 4.69) is 23.2 Å². The first-order chi connectivity index (χ1) is 7.31. The molecule has 3 heteroatoms. The van der Waals surface area contributed by atoms with Gasteiger partial charge in [-0.1, -0.05) is 12.1 Å². The Labute approximate surface area is 92.6 Å². The molecule has 1 N–H and O–H groups in total. The van der Waals surface area contributed by atoms with Crippen LogP contribution in [0.15, 0.2) is 24.3 Å². The Hall–Kier alpha value is -0.930. The average molecular weight is 219 g/mol. The van der Waals surface area contributed by atoms with Crippen LogP contribution in [0.25, 0.3) is 10.2 Å². The topological polar surface area (TPSA) is 33.1 Å². The van der Waals surface area contributed by atoms with E-state index in [1.165, 1.54) is 9.71 Å². The third kappa shape index (κ3) is 1.77. The summed E-state index contributed by atoms with van der Waals surface area (Å²) in [6.45, 7) is 0. The van der Waals surface area contributed by atoms with Crippen LogP contribution >= 0.6 is 11.3 Å². The molecule has 0 spiro atoms. The minimum absolute atomic E-state index is 0.0515. The zero-order chi connectivity index (χ0) is 10.3. The minimum Gasteiger partial charge on any atom is -0.393 e. The van der Waals surface area contributed by atoms with E-state index >= 15 is 0 Å². The molecule has 0 bridgehead atoms. The van der Waals surface area contributed by atoms with Crippen LogP contribution < -0.4 is 0 Å². The smallest absolute Gasteiger partial charge is 0.0941 e. The van der Waals surface area contributed by atoms with Crippen molar-refractivity contribution in [1.29, 1.82) is 0 Å². The Kier molecular flexibility index (Phi) is 2.22. The lowest BCUT2D eigenvalue weighted by molar-refractivity contribution is 0.0432. The second kappa shape index (κ2) is 3.58. The summed E-state index contributed by atoms with van der Waals surface area (Å²) in [5, 5.41) is 10.4. The van der Waals surface area contributed by atoms with Crippen LogP contribution in [0.4, 0.5) is 0 Å². The Morgan fingerprint density at radius 2 is 2.13 bits per heavy atom. The average Bonchev–Trinajstić information content (AvgIpc) is 2.57. The monoisotopic (exact) mass is 219 g/mol. The summed E-state index contributed by atoms with van der Waals surface area (Å²) in [5.41, 5.74) is 1.11. The summed E-state index contributed by atoms with van der Waals surface area (Å²) in [7, 11) is 0. The third-order valence-electron chi connectivity index (χ3n) is 3.01. The van der Waals surface area contributed by atoms with E-state index in [0.717, 1.165) is 24.8 Å². The van der Waals surface area contributed by atoms with Gasteiger partial charge in [0.25, 0.3) is 0 Å². The molecule has 1 aliphatic rings. The maximum absolute atomic E-state index is 9.22. The maximum atomic E-state index is 9.22. The van der Waals surface area contributed by atoms with Crippen molar-refractivity contribution >= 4 is 21.6 Å². The second-order valence-corrected chi connectivity index (χ2v) is 5.39. The summed E-state index contributed by atoms with van der Waals surface area (Å²) >= 11 is 1.78. The fourth-order valence-electron chi connectivity index (χ4n) is 2.12. The van der Waals surface area contributed by atoms with Crippen LogP contribution in [-0.4, -0.2) is 16.2 Å². The van der Waals surface area contributed by atoms with Crippen molar-refractivity contribution in [2.45, 2.75) is 25.4 Å². The van der Waals surface area contributed by atoms with Crippen molar-refractivity contribution in [3.63, 3.8) is 0 Å². The Balaban J connectivity index is 1.80. The molecular weight excluding hydrogens is 206 g/mol. The third-order valence-corrected chi connectivity index (χ3v) is 4.07. The number of para-hydroxylation sites is 1. The minimum atomic E-state index is -0.0515. The number of aliphatic hydroxyl groups excluding tert-OH is 1. The molecule has 78 valence electrons. The summed E-state index contributed by atoms with van der Waals surface area (Å²) < 4.78 is 1.27. The molecule has 1 fully saturated rings. The number of hydrogen-bond acceptors (Lipinski definition) is 3. The zero-order valence-corrected chi connectivity index (χ0v) is 9.20. The first-order valence-electron chi connectivity index (χ1n) is 5.34. The number of rotatable bonds is 2. The van der Waals surface area contributed by atoms with Crippen molar-refractivity contribution in [3.8, 4) is 0 Å². The Bertz CT molecular complexity index is 440. The summed E-state index contributed by atoms with van der Waals surface area (Å²) in [5.74, 6) is 0.653. The summed E-state index contributed by atoms with van der Waals surface area (Å²) in [6, 6.07) is 8.26. The van der Waals surface area contributed by atoms with E-state index < -0.39 is 0 Å². The maximum Gasteiger partial charge on any atom is 0.0941 e. The van der Waals surface area contributed by atoms with Gasteiger partial charge in [-0.3, -0.25) is 0 Å². The molecule has 0 radical (unpaired) electrons. The highest BCUT2D eigenvalue weighted by Crippen LogP contribution is 2.32. The van der Waals surface area contributed by atoms with Crippen molar-refractivity contribution in [2.24, 2.45) is 5.92 Å². The van der Waals surface area contributed by atoms with Crippen molar-refractivity contribution in [1.82, 2.24) is 4.98 Å². The molecule has 0 aliphatic heterocycles. The molecule has 1 aromatic heterocycles. The zero-order valence-electron chi connectivity index (χ0n) is 8.39. The molecule has 1 aromatic carbocycles. The second-order valence-electron chi connectivity index (χ2n) is 4.27. The number of nitrogens with zero attached hydrogens (tertiary/aromatic N) is 1. The van der Waals surface area contributed by atoms with Gasteiger partial charge in [0.15, 0.2) is 0 Å². The van der Waals surface area contributed by atoms with Gasteiger partial charge in [-0.05, 0) is 30.9 Å². The van der Waals surface area contributed by atoms with E-state index in [-0.39, 0.29) is 6.10 Å². The molecule has 0 amide bonds. The van der Waals surface area contributed by atoms with Gasteiger partial charge >= 0.3 is 0 Å². The molecule has 1 saturated carbocycles. The molecule has 3 rings (SSSR count). The normalized spacial score (nSPS) is 25.4. The Morgan fingerprint density at radius 3 is 2.87 bits per heavy atom. The fourth-order valence-corrected chi connectivity index (χ4v) is 3.20. The van der Waals surface area contributed by atoms with Crippen molar-refractivity contribution < 1.29 is 5.11 Å². The molecular formula is C12H13NOS. The molecule has 0 unspecified atom stereocenters. The van der Waals surface area contributed by atoms with Gasteiger partial charge < -0.3 is 5.11 Å². The molecule has 15 heavy (non-hydrogen) atoms. The van der Waals surface area contributed by atoms with E-state index in [1.807, 2.05) is 6.07 Å². The lowest BCUT2D eigenvalue weighted by atomic mass is 9.80. The predicted molar refractivity (Wildman–Crippen MR) is 62.1 cm³/mol. The largest absolute Gasteiger partial charge is 0.393 e. The summed E-state index contributed by atoms with van der Waals surface area (Å²) in [6.07, 6.45) is 2.90. The number of aliphatic hydroxyl groups is 1. The first kappa shape index (κ1) is 9.31. The quantitative estimate of drug-likeness (QED) is 0.842. The molecule has 1 heterocycles. The van der Waals surface area contributed by atoms with E-state index in [1.54, 1.807) is 11.3 Å². The first-order valence-corrected chi connectivity index (χ1v) is 6.15. The number of fused-ring (bicyclic) bond motifs is 1. The predicted octanol–water partition coefficient (Wildman–Crippen LogP) is 2.61. The number of benzene rings is 1. The Morgan fingerprint density at radius 1 is 1.33 bits per heavy atom. The van der Waals surface area contributed by atoms with Crippen LogP contribution in [0.2, 0.25) is 0 Å². The SMILES string of the molecule is OC1CC(Cc2nc3ccccc3s2)C1. The van der Waals surface area contributed by atoms with Crippen molar-refractivity contribution in [3.05, 3.63) is 29.3 Å². The van der Waals surface area contributed by atoms with Gasteiger partial charge in [0.1, 0.15) is 0 Å².